The number of aromatic nitrogens is 3. The van der Waals surface area contributed by atoms with Crippen molar-refractivity contribution in [3.63, 3.8) is 0 Å². The van der Waals surface area contributed by atoms with E-state index in [4.69, 9.17) is 5.84 Å². The number of benzene rings is 1. The Morgan fingerprint density at radius 3 is 2.84 bits per heavy atom. The number of nitrogens with zero attached hydrogens (tertiary/aromatic N) is 3. The summed E-state index contributed by atoms with van der Waals surface area (Å²) in [6.45, 7) is 0. The number of aryl methyl sites for hydroxylation is 1. The minimum atomic E-state index is -0.169. The summed E-state index contributed by atoms with van der Waals surface area (Å²) in [5, 5.41) is 1.09. The standard InChI is InChI=1S/C14H15N5/c1-19-7-6-16-14(19)13(18-15)11-8-10-4-2-3-5-12(10)17-9-11/h2-9,13,18H,15H2,1H3. The lowest BCUT2D eigenvalue weighted by Gasteiger charge is -2.16. The Bertz CT molecular complexity index is 704. The van der Waals surface area contributed by atoms with Crippen molar-refractivity contribution in [2.24, 2.45) is 12.9 Å². The molecule has 3 N–H and O–H groups in total. The first kappa shape index (κ1) is 11.8. The third-order valence-electron chi connectivity index (χ3n) is 3.23. The normalized spacial score (nSPS) is 12.7. The number of hydrogen-bond acceptors (Lipinski definition) is 4. The Morgan fingerprint density at radius 2 is 2.11 bits per heavy atom. The van der Waals surface area contributed by atoms with E-state index in [0.29, 0.717) is 0 Å². The Hall–Kier alpha value is -2.24. The summed E-state index contributed by atoms with van der Waals surface area (Å²) >= 11 is 0. The van der Waals surface area contributed by atoms with Crippen LogP contribution in [0.2, 0.25) is 0 Å². The number of hydrogen-bond donors (Lipinski definition) is 2. The molecule has 2 aromatic heterocycles. The van der Waals surface area contributed by atoms with Crippen molar-refractivity contribution in [2.75, 3.05) is 0 Å². The average molecular weight is 253 g/mol. The Kier molecular flexibility index (Phi) is 2.98. The van der Waals surface area contributed by atoms with Crippen LogP contribution in [0.15, 0.2) is 48.9 Å². The zero-order valence-corrected chi connectivity index (χ0v) is 10.6. The van der Waals surface area contributed by atoms with Crippen LogP contribution < -0.4 is 11.3 Å². The molecule has 0 fully saturated rings. The fourth-order valence-corrected chi connectivity index (χ4v) is 2.22. The van der Waals surface area contributed by atoms with Crippen molar-refractivity contribution >= 4 is 10.9 Å². The first-order valence-electron chi connectivity index (χ1n) is 6.07. The average Bonchev–Trinajstić information content (AvgIpc) is 2.86. The van der Waals surface area contributed by atoms with Crippen LogP contribution in [-0.4, -0.2) is 14.5 Å². The Morgan fingerprint density at radius 1 is 1.26 bits per heavy atom. The molecule has 0 aliphatic heterocycles. The van der Waals surface area contributed by atoms with Crippen molar-refractivity contribution in [2.45, 2.75) is 6.04 Å². The van der Waals surface area contributed by atoms with E-state index in [1.54, 1.807) is 6.20 Å². The van der Waals surface area contributed by atoms with Gasteiger partial charge in [0.25, 0.3) is 0 Å². The summed E-state index contributed by atoms with van der Waals surface area (Å²) in [7, 11) is 1.95. The van der Waals surface area contributed by atoms with Crippen molar-refractivity contribution < 1.29 is 0 Å². The molecular weight excluding hydrogens is 238 g/mol. The van der Waals surface area contributed by atoms with E-state index in [0.717, 1.165) is 22.3 Å². The molecule has 0 saturated heterocycles. The predicted octanol–water partition coefficient (Wildman–Crippen LogP) is 1.52. The van der Waals surface area contributed by atoms with Crippen LogP contribution in [0, 0.1) is 0 Å². The molecule has 19 heavy (non-hydrogen) atoms. The zero-order valence-electron chi connectivity index (χ0n) is 10.6. The maximum absolute atomic E-state index is 5.68. The van der Waals surface area contributed by atoms with Crippen molar-refractivity contribution in [1.82, 2.24) is 20.0 Å². The summed E-state index contributed by atoms with van der Waals surface area (Å²) in [5.41, 5.74) is 4.77. The number of fused-ring (bicyclic) bond motifs is 1. The minimum Gasteiger partial charge on any atom is -0.336 e. The second-order valence-electron chi connectivity index (χ2n) is 4.46. The lowest BCUT2D eigenvalue weighted by molar-refractivity contribution is 0.579. The minimum absolute atomic E-state index is 0.169. The molecule has 3 rings (SSSR count). The van der Waals surface area contributed by atoms with Gasteiger partial charge in [-0.15, -0.1) is 0 Å². The Balaban J connectivity index is 2.09. The highest BCUT2D eigenvalue weighted by atomic mass is 15.3. The summed E-state index contributed by atoms with van der Waals surface area (Å²) < 4.78 is 1.94. The molecular formula is C14H15N5. The third-order valence-corrected chi connectivity index (χ3v) is 3.23. The molecule has 5 heteroatoms. The first-order valence-corrected chi connectivity index (χ1v) is 6.07. The zero-order chi connectivity index (χ0) is 13.2. The van der Waals surface area contributed by atoms with Gasteiger partial charge < -0.3 is 4.57 Å². The third kappa shape index (κ3) is 2.09. The maximum atomic E-state index is 5.68. The van der Waals surface area contributed by atoms with Gasteiger partial charge in [-0.2, -0.15) is 0 Å². The molecule has 0 radical (unpaired) electrons. The Labute approximate surface area is 111 Å². The molecule has 96 valence electrons. The van der Waals surface area contributed by atoms with Crippen LogP contribution in [-0.2, 0) is 7.05 Å². The van der Waals surface area contributed by atoms with Gasteiger partial charge in [0.2, 0.25) is 0 Å². The highest BCUT2D eigenvalue weighted by Crippen LogP contribution is 2.22. The molecule has 0 spiro atoms. The smallest absolute Gasteiger partial charge is 0.131 e. The number of nitrogens with two attached hydrogens (primary N) is 1. The molecule has 1 atom stereocenters. The van der Waals surface area contributed by atoms with Crippen LogP contribution in [0.4, 0.5) is 0 Å². The fraction of sp³-hybridized carbons (Fsp3) is 0.143. The van der Waals surface area contributed by atoms with Crippen molar-refractivity contribution in [1.29, 1.82) is 0 Å². The van der Waals surface area contributed by atoms with Gasteiger partial charge in [0.15, 0.2) is 0 Å². The topological polar surface area (TPSA) is 68.8 Å². The lowest BCUT2D eigenvalue weighted by Crippen LogP contribution is -2.30. The molecule has 1 unspecified atom stereocenters. The number of imidazole rings is 1. The largest absolute Gasteiger partial charge is 0.336 e. The molecule has 0 bridgehead atoms. The van der Waals surface area contributed by atoms with Crippen molar-refractivity contribution in [3.8, 4) is 0 Å². The van der Waals surface area contributed by atoms with E-state index in [1.165, 1.54) is 0 Å². The van der Waals surface area contributed by atoms with E-state index in [9.17, 15) is 0 Å². The second-order valence-corrected chi connectivity index (χ2v) is 4.46. The summed E-state index contributed by atoms with van der Waals surface area (Å²) in [4.78, 5) is 8.79. The van der Waals surface area contributed by atoms with Gasteiger partial charge in [-0.1, -0.05) is 18.2 Å². The van der Waals surface area contributed by atoms with E-state index < -0.39 is 0 Å². The monoisotopic (exact) mass is 253 g/mol. The number of nitrogens with one attached hydrogen (secondary N) is 1. The SMILES string of the molecule is Cn1ccnc1C(NN)c1cnc2ccccc2c1. The second kappa shape index (κ2) is 4.79. The van der Waals surface area contributed by atoms with Gasteiger partial charge in [0.1, 0.15) is 11.9 Å². The van der Waals surface area contributed by atoms with Gasteiger partial charge in [-0.3, -0.25) is 10.8 Å². The number of pyridine rings is 1. The van der Waals surface area contributed by atoms with Crippen LogP contribution in [0.1, 0.15) is 17.4 Å². The molecule has 2 heterocycles. The van der Waals surface area contributed by atoms with E-state index in [1.807, 2.05) is 48.3 Å². The molecule has 5 nitrogen and oxygen atoms in total. The molecule has 0 saturated carbocycles. The van der Waals surface area contributed by atoms with Crippen LogP contribution in [0.5, 0.6) is 0 Å². The highest BCUT2D eigenvalue weighted by Gasteiger charge is 2.17. The molecule has 3 aromatic rings. The van der Waals surface area contributed by atoms with Gasteiger partial charge in [-0.05, 0) is 17.7 Å². The summed E-state index contributed by atoms with van der Waals surface area (Å²) in [5.74, 6) is 6.54. The van der Waals surface area contributed by atoms with Crippen LogP contribution >= 0.6 is 0 Å². The molecule has 0 aliphatic rings. The van der Waals surface area contributed by atoms with Gasteiger partial charge in [0.05, 0.1) is 5.52 Å². The number of rotatable bonds is 3. The molecule has 0 aliphatic carbocycles. The highest BCUT2D eigenvalue weighted by molar-refractivity contribution is 5.78. The van der Waals surface area contributed by atoms with E-state index in [-0.39, 0.29) is 6.04 Å². The first-order chi connectivity index (χ1) is 9.29. The quantitative estimate of drug-likeness (QED) is 0.548. The van der Waals surface area contributed by atoms with Crippen LogP contribution in [0.3, 0.4) is 0 Å². The van der Waals surface area contributed by atoms with Gasteiger partial charge in [-0.25, -0.2) is 10.4 Å². The fourth-order valence-electron chi connectivity index (χ4n) is 2.22. The summed E-state index contributed by atoms with van der Waals surface area (Å²) in [6, 6.07) is 9.92. The van der Waals surface area contributed by atoms with Gasteiger partial charge in [0, 0.05) is 31.0 Å². The predicted molar refractivity (Wildman–Crippen MR) is 74.1 cm³/mol. The van der Waals surface area contributed by atoms with E-state index in [2.05, 4.69) is 21.5 Å². The number of hydrazine groups is 1. The molecule has 1 aromatic carbocycles. The number of para-hydroxylation sites is 1. The maximum Gasteiger partial charge on any atom is 0.131 e. The molecule has 0 amide bonds. The van der Waals surface area contributed by atoms with E-state index >= 15 is 0 Å². The summed E-state index contributed by atoms with van der Waals surface area (Å²) in [6.07, 6.45) is 5.49. The van der Waals surface area contributed by atoms with Crippen LogP contribution in [0.25, 0.3) is 10.9 Å². The lowest BCUT2D eigenvalue weighted by atomic mass is 10.1. The van der Waals surface area contributed by atoms with Crippen molar-refractivity contribution in [3.05, 3.63) is 60.3 Å². The van der Waals surface area contributed by atoms with Gasteiger partial charge >= 0.3 is 0 Å².